The zero-order valence-electron chi connectivity index (χ0n) is 15.6. The molecular weight excluding hydrogens is 413 g/mol. The monoisotopic (exact) mass is 427 g/mol. The molecule has 2 heterocycles. The highest BCUT2D eigenvalue weighted by atomic mass is 35.5. The molecule has 3 aromatic rings. The van der Waals surface area contributed by atoms with Crippen molar-refractivity contribution in [1.82, 2.24) is 0 Å². The first-order chi connectivity index (χ1) is 14.4. The molecule has 0 saturated carbocycles. The number of aliphatic hydroxyl groups is 1. The minimum absolute atomic E-state index is 0.0360. The normalized spacial score (nSPS) is 16.3. The summed E-state index contributed by atoms with van der Waals surface area (Å²) in [4.78, 5) is 27.3. The molecular formula is C22H15ClFNO5. The van der Waals surface area contributed by atoms with E-state index >= 15 is 0 Å². The van der Waals surface area contributed by atoms with Crippen LogP contribution in [0.25, 0.3) is 0 Å². The second-order valence-corrected chi connectivity index (χ2v) is 6.92. The lowest BCUT2D eigenvalue weighted by Gasteiger charge is -2.27. The lowest BCUT2D eigenvalue weighted by molar-refractivity contribution is -0.117. The molecule has 1 N–H and O–H groups in total. The van der Waals surface area contributed by atoms with E-state index in [0.29, 0.717) is 17.0 Å². The predicted molar refractivity (Wildman–Crippen MR) is 107 cm³/mol. The maximum absolute atomic E-state index is 13.5. The number of halogens is 2. The van der Waals surface area contributed by atoms with Gasteiger partial charge < -0.3 is 14.3 Å². The van der Waals surface area contributed by atoms with Crippen molar-refractivity contribution in [1.29, 1.82) is 0 Å². The Labute approximate surface area is 175 Å². The molecule has 152 valence electrons. The summed E-state index contributed by atoms with van der Waals surface area (Å²) in [6, 6.07) is 11.9. The Kier molecular flexibility index (Phi) is 5.05. The van der Waals surface area contributed by atoms with Crippen LogP contribution in [0.1, 0.15) is 22.2 Å². The fourth-order valence-corrected chi connectivity index (χ4v) is 3.66. The quantitative estimate of drug-likeness (QED) is 0.588. The van der Waals surface area contributed by atoms with E-state index in [9.17, 15) is 19.1 Å². The lowest BCUT2D eigenvalue weighted by Crippen LogP contribution is -2.31. The first-order valence-electron chi connectivity index (χ1n) is 8.86. The van der Waals surface area contributed by atoms with Crippen LogP contribution in [0.5, 0.6) is 5.75 Å². The molecule has 30 heavy (non-hydrogen) atoms. The number of aliphatic hydroxyl groups excluding tert-OH is 1. The van der Waals surface area contributed by atoms with Gasteiger partial charge in [-0.15, -0.1) is 0 Å². The van der Waals surface area contributed by atoms with Gasteiger partial charge in [-0.25, -0.2) is 4.39 Å². The number of furan rings is 1. The number of ether oxygens (including phenoxy) is 1. The van der Waals surface area contributed by atoms with Gasteiger partial charge in [-0.1, -0.05) is 23.7 Å². The summed E-state index contributed by atoms with van der Waals surface area (Å²) in [7, 11) is 1.46. The highest BCUT2D eigenvalue weighted by Gasteiger charge is 2.45. The van der Waals surface area contributed by atoms with Crippen LogP contribution in [0.4, 0.5) is 10.1 Å². The molecule has 2 aromatic carbocycles. The standard InChI is InChI=1S/C22H15ClFNO5/c1-29-16-9-8-14(11-15(16)23)25-19(12-4-6-13(24)7-5-12)18(21(27)22(25)28)20(26)17-3-2-10-30-17/h2-11,19,27H,1H3. The Hall–Kier alpha value is -3.58. The van der Waals surface area contributed by atoms with Gasteiger partial charge in [-0.3, -0.25) is 14.5 Å². The topological polar surface area (TPSA) is 80.0 Å². The smallest absolute Gasteiger partial charge is 0.294 e. The van der Waals surface area contributed by atoms with Gasteiger partial charge in [-0.2, -0.15) is 0 Å². The van der Waals surface area contributed by atoms with Gasteiger partial charge in [0.05, 0.1) is 30.0 Å². The highest BCUT2D eigenvalue weighted by Crippen LogP contribution is 2.43. The summed E-state index contributed by atoms with van der Waals surface area (Å²) in [5, 5.41) is 10.9. The van der Waals surface area contributed by atoms with E-state index in [1.807, 2.05) is 0 Å². The number of nitrogens with zero attached hydrogens (tertiary/aromatic N) is 1. The third-order valence-electron chi connectivity index (χ3n) is 4.80. The summed E-state index contributed by atoms with van der Waals surface area (Å²) in [5.74, 6) is -2.27. The van der Waals surface area contributed by atoms with Crippen LogP contribution in [0, 0.1) is 5.82 Å². The Morgan fingerprint density at radius 1 is 1.20 bits per heavy atom. The molecule has 6 nitrogen and oxygen atoms in total. The average Bonchev–Trinajstić information content (AvgIpc) is 3.36. The Balaban J connectivity index is 1.87. The third kappa shape index (κ3) is 3.23. The highest BCUT2D eigenvalue weighted by molar-refractivity contribution is 6.32. The van der Waals surface area contributed by atoms with E-state index in [1.165, 1.54) is 60.7 Å². The number of hydrogen-bond donors (Lipinski definition) is 1. The maximum Gasteiger partial charge on any atom is 0.294 e. The van der Waals surface area contributed by atoms with Gasteiger partial charge in [0.25, 0.3) is 5.91 Å². The van der Waals surface area contributed by atoms with Crippen LogP contribution in [0.2, 0.25) is 5.02 Å². The summed E-state index contributed by atoms with van der Waals surface area (Å²) >= 11 is 6.22. The van der Waals surface area contributed by atoms with Crippen molar-refractivity contribution in [3.63, 3.8) is 0 Å². The third-order valence-corrected chi connectivity index (χ3v) is 5.09. The molecule has 0 bridgehead atoms. The second kappa shape index (κ2) is 7.68. The molecule has 0 saturated heterocycles. The minimum Gasteiger partial charge on any atom is -0.503 e. The summed E-state index contributed by atoms with van der Waals surface area (Å²) in [6.07, 6.45) is 1.32. The van der Waals surface area contributed by atoms with Crippen molar-refractivity contribution in [3.8, 4) is 5.75 Å². The maximum atomic E-state index is 13.5. The van der Waals surface area contributed by atoms with Gasteiger partial charge in [0.15, 0.2) is 11.5 Å². The van der Waals surface area contributed by atoms with E-state index in [-0.39, 0.29) is 16.4 Å². The van der Waals surface area contributed by atoms with Crippen LogP contribution < -0.4 is 9.64 Å². The Morgan fingerprint density at radius 2 is 1.93 bits per heavy atom. The molecule has 0 spiro atoms. The first kappa shape index (κ1) is 19.7. The van der Waals surface area contributed by atoms with Gasteiger partial charge in [0, 0.05) is 5.69 Å². The Morgan fingerprint density at radius 3 is 2.53 bits per heavy atom. The van der Waals surface area contributed by atoms with E-state index in [0.717, 1.165) is 0 Å². The molecule has 0 radical (unpaired) electrons. The van der Waals surface area contributed by atoms with E-state index in [4.69, 9.17) is 20.8 Å². The van der Waals surface area contributed by atoms with Crippen molar-refractivity contribution in [2.75, 3.05) is 12.0 Å². The molecule has 1 amide bonds. The predicted octanol–water partition coefficient (Wildman–Crippen LogP) is 4.86. The number of ketones is 1. The van der Waals surface area contributed by atoms with Crippen molar-refractivity contribution in [2.24, 2.45) is 0 Å². The minimum atomic E-state index is -1.01. The van der Waals surface area contributed by atoms with E-state index in [2.05, 4.69) is 0 Å². The molecule has 1 aromatic heterocycles. The number of carbonyl (C=O) groups excluding carboxylic acids is 2. The largest absolute Gasteiger partial charge is 0.503 e. The lowest BCUT2D eigenvalue weighted by atomic mass is 9.95. The molecule has 1 aliphatic rings. The first-order valence-corrected chi connectivity index (χ1v) is 9.24. The fourth-order valence-electron chi connectivity index (χ4n) is 3.41. The Bertz CT molecular complexity index is 1150. The van der Waals surface area contributed by atoms with Crippen LogP contribution >= 0.6 is 11.6 Å². The number of methoxy groups -OCH3 is 1. The van der Waals surface area contributed by atoms with Crippen molar-refractivity contribution < 1.29 is 28.2 Å². The van der Waals surface area contributed by atoms with Crippen molar-refractivity contribution >= 4 is 29.0 Å². The number of benzene rings is 2. The number of Topliss-reactive ketones (excluding diaryl/α,β-unsaturated/α-hetero) is 1. The zero-order chi connectivity index (χ0) is 21.4. The molecule has 4 rings (SSSR count). The number of hydrogen-bond acceptors (Lipinski definition) is 5. The van der Waals surface area contributed by atoms with Crippen LogP contribution in [-0.4, -0.2) is 23.9 Å². The van der Waals surface area contributed by atoms with Crippen molar-refractivity contribution in [2.45, 2.75) is 6.04 Å². The fraction of sp³-hybridized carbons (Fsp3) is 0.0909. The molecule has 0 aliphatic carbocycles. The number of rotatable bonds is 5. The number of carbonyl (C=O) groups is 2. The van der Waals surface area contributed by atoms with Gasteiger partial charge in [0.1, 0.15) is 11.6 Å². The molecule has 1 unspecified atom stereocenters. The van der Waals surface area contributed by atoms with E-state index < -0.39 is 29.3 Å². The van der Waals surface area contributed by atoms with Gasteiger partial charge in [0.2, 0.25) is 5.78 Å². The van der Waals surface area contributed by atoms with Crippen molar-refractivity contribution in [3.05, 3.63) is 94.4 Å². The summed E-state index contributed by atoms with van der Waals surface area (Å²) in [5.41, 5.74) is 0.582. The second-order valence-electron chi connectivity index (χ2n) is 6.52. The summed E-state index contributed by atoms with van der Waals surface area (Å²) in [6.45, 7) is 0. The molecule has 1 atom stereocenters. The van der Waals surface area contributed by atoms with Gasteiger partial charge in [-0.05, 0) is 48.0 Å². The van der Waals surface area contributed by atoms with Gasteiger partial charge >= 0.3 is 0 Å². The molecule has 1 aliphatic heterocycles. The average molecular weight is 428 g/mol. The number of amides is 1. The molecule has 8 heteroatoms. The van der Waals surface area contributed by atoms with Crippen LogP contribution in [-0.2, 0) is 4.79 Å². The summed E-state index contributed by atoms with van der Waals surface area (Å²) < 4.78 is 23.8. The SMILES string of the molecule is COc1ccc(N2C(=O)C(O)=C(C(=O)c3ccco3)C2c2ccc(F)cc2)cc1Cl. The molecule has 0 fully saturated rings. The zero-order valence-corrected chi connectivity index (χ0v) is 16.4. The number of anilines is 1. The van der Waals surface area contributed by atoms with E-state index in [1.54, 1.807) is 12.1 Å². The van der Waals surface area contributed by atoms with Crippen LogP contribution in [0.3, 0.4) is 0 Å². The van der Waals surface area contributed by atoms with Crippen LogP contribution in [0.15, 0.2) is 76.6 Å².